The normalized spacial score (nSPS) is 24.2. The van der Waals surface area contributed by atoms with Gasteiger partial charge in [-0.15, -0.1) is 0 Å². The summed E-state index contributed by atoms with van der Waals surface area (Å²) >= 11 is 12.0. The molecule has 1 aromatic rings. The van der Waals surface area contributed by atoms with E-state index in [1.165, 1.54) is 19.3 Å². The van der Waals surface area contributed by atoms with Crippen LogP contribution in [0.3, 0.4) is 0 Å². The molecule has 94 valence electrons. The summed E-state index contributed by atoms with van der Waals surface area (Å²) in [4.78, 5) is 0. The Bertz CT molecular complexity index is 378. The molecular formula is C14H19Cl2N. The molecule has 0 saturated heterocycles. The number of rotatable bonds is 4. The monoisotopic (exact) mass is 271 g/mol. The Balaban J connectivity index is 1.78. The first kappa shape index (κ1) is 13.2. The fraction of sp³-hybridized carbons (Fsp3) is 0.571. The van der Waals surface area contributed by atoms with Gasteiger partial charge >= 0.3 is 0 Å². The lowest BCUT2D eigenvalue weighted by atomic mass is 10.1. The van der Waals surface area contributed by atoms with Gasteiger partial charge in [-0.05, 0) is 48.9 Å². The first-order chi connectivity index (χ1) is 8.15. The third kappa shape index (κ3) is 3.87. The molecule has 1 aliphatic carbocycles. The second-order valence-electron chi connectivity index (χ2n) is 5.15. The first-order valence-electron chi connectivity index (χ1n) is 6.30. The Kier molecular flexibility index (Phi) is 4.72. The third-order valence-electron chi connectivity index (χ3n) is 3.57. The van der Waals surface area contributed by atoms with Crippen molar-refractivity contribution in [3.63, 3.8) is 0 Å². The molecule has 17 heavy (non-hydrogen) atoms. The average molecular weight is 272 g/mol. The van der Waals surface area contributed by atoms with Crippen molar-refractivity contribution < 1.29 is 0 Å². The number of hydrogen-bond donors (Lipinski definition) is 1. The SMILES string of the molecule is CC1CCC(CNCc2ccc(Cl)cc2Cl)C1. The smallest absolute Gasteiger partial charge is 0.0465 e. The summed E-state index contributed by atoms with van der Waals surface area (Å²) in [5.41, 5.74) is 1.13. The van der Waals surface area contributed by atoms with E-state index in [2.05, 4.69) is 12.2 Å². The van der Waals surface area contributed by atoms with Gasteiger partial charge in [0, 0.05) is 16.6 Å². The van der Waals surface area contributed by atoms with Gasteiger partial charge in [0.15, 0.2) is 0 Å². The van der Waals surface area contributed by atoms with Gasteiger partial charge in [0.2, 0.25) is 0 Å². The quantitative estimate of drug-likeness (QED) is 0.849. The van der Waals surface area contributed by atoms with Crippen LogP contribution in [-0.2, 0) is 6.54 Å². The van der Waals surface area contributed by atoms with Crippen molar-refractivity contribution in [3.05, 3.63) is 33.8 Å². The van der Waals surface area contributed by atoms with E-state index in [1.807, 2.05) is 12.1 Å². The molecule has 1 aromatic carbocycles. The number of hydrogen-bond acceptors (Lipinski definition) is 1. The summed E-state index contributed by atoms with van der Waals surface area (Å²) in [6, 6.07) is 5.69. The summed E-state index contributed by atoms with van der Waals surface area (Å²) in [6.07, 6.45) is 4.11. The van der Waals surface area contributed by atoms with Crippen molar-refractivity contribution in [1.29, 1.82) is 0 Å². The first-order valence-corrected chi connectivity index (χ1v) is 7.05. The fourth-order valence-electron chi connectivity index (χ4n) is 2.59. The van der Waals surface area contributed by atoms with Crippen LogP contribution in [0.1, 0.15) is 31.7 Å². The van der Waals surface area contributed by atoms with Crippen LogP contribution in [0.25, 0.3) is 0 Å². The van der Waals surface area contributed by atoms with Crippen LogP contribution in [0.5, 0.6) is 0 Å². The molecule has 2 atom stereocenters. The van der Waals surface area contributed by atoms with E-state index >= 15 is 0 Å². The molecule has 0 radical (unpaired) electrons. The molecule has 1 nitrogen and oxygen atoms in total. The van der Waals surface area contributed by atoms with Gasteiger partial charge in [-0.2, -0.15) is 0 Å². The molecule has 0 amide bonds. The Morgan fingerprint density at radius 3 is 2.76 bits per heavy atom. The van der Waals surface area contributed by atoms with Crippen molar-refractivity contribution in [2.24, 2.45) is 11.8 Å². The van der Waals surface area contributed by atoms with Gasteiger partial charge < -0.3 is 5.32 Å². The Morgan fingerprint density at radius 1 is 1.29 bits per heavy atom. The predicted octanol–water partition coefficient (Wildman–Crippen LogP) is 4.52. The van der Waals surface area contributed by atoms with Crippen LogP contribution in [0, 0.1) is 11.8 Å². The van der Waals surface area contributed by atoms with Crippen molar-refractivity contribution in [3.8, 4) is 0 Å². The second-order valence-corrected chi connectivity index (χ2v) is 5.99. The summed E-state index contributed by atoms with van der Waals surface area (Å²) in [5.74, 6) is 1.75. The topological polar surface area (TPSA) is 12.0 Å². The van der Waals surface area contributed by atoms with E-state index in [0.29, 0.717) is 5.02 Å². The van der Waals surface area contributed by atoms with E-state index in [1.54, 1.807) is 6.07 Å². The molecule has 3 heteroatoms. The maximum absolute atomic E-state index is 6.12. The molecule has 0 aromatic heterocycles. The highest BCUT2D eigenvalue weighted by molar-refractivity contribution is 6.35. The summed E-state index contributed by atoms with van der Waals surface area (Å²) in [5, 5.41) is 4.95. The summed E-state index contributed by atoms with van der Waals surface area (Å²) < 4.78 is 0. The van der Waals surface area contributed by atoms with E-state index < -0.39 is 0 Å². The van der Waals surface area contributed by atoms with Crippen molar-refractivity contribution in [1.82, 2.24) is 5.32 Å². The summed E-state index contributed by atoms with van der Waals surface area (Å²) in [7, 11) is 0. The minimum absolute atomic E-state index is 0.698. The molecule has 1 saturated carbocycles. The molecule has 0 bridgehead atoms. The van der Waals surface area contributed by atoms with Crippen LogP contribution in [0.15, 0.2) is 18.2 Å². The van der Waals surface area contributed by atoms with Gasteiger partial charge in [-0.3, -0.25) is 0 Å². The average Bonchev–Trinajstić information content (AvgIpc) is 2.68. The molecule has 0 spiro atoms. The largest absolute Gasteiger partial charge is 0.312 e. The van der Waals surface area contributed by atoms with Gasteiger partial charge in [-0.25, -0.2) is 0 Å². The highest BCUT2D eigenvalue weighted by Crippen LogP contribution is 2.29. The van der Waals surface area contributed by atoms with Crippen LogP contribution in [0.4, 0.5) is 0 Å². The standard InChI is InChI=1S/C14H19Cl2N/c1-10-2-3-11(6-10)8-17-9-12-4-5-13(15)7-14(12)16/h4-5,7,10-11,17H,2-3,6,8-9H2,1H3. The summed E-state index contributed by atoms with van der Waals surface area (Å²) in [6.45, 7) is 4.28. The zero-order valence-electron chi connectivity index (χ0n) is 10.2. The van der Waals surface area contributed by atoms with Gasteiger partial charge in [0.25, 0.3) is 0 Å². The molecule has 1 fully saturated rings. The fourth-order valence-corrected chi connectivity index (χ4v) is 3.06. The third-order valence-corrected chi connectivity index (χ3v) is 4.15. The zero-order chi connectivity index (χ0) is 12.3. The van der Waals surface area contributed by atoms with Gasteiger partial charge in [0.05, 0.1) is 0 Å². The number of nitrogens with one attached hydrogen (secondary N) is 1. The maximum atomic E-state index is 6.12. The molecule has 2 unspecified atom stereocenters. The Hall–Kier alpha value is -0.240. The lowest BCUT2D eigenvalue weighted by Gasteiger charge is -2.12. The molecule has 0 heterocycles. The molecular weight excluding hydrogens is 253 g/mol. The van der Waals surface area contributed by atoms with E-state index in [-0.39, 0.29) is 0 Å². The van der Waals surface area contributed by atoms with Crippen molar-refractivity contribution >= 4 is 23.2 Å². The van der Waals surface area contributed by atoms with Crippen LogP contribution < -0.4 is 5.32 Å². The van der Waals surface area contributed by atoms with Crippen LogP contribution in [-0.4, -0.2) is 6.54 Å². The van der Waals surface area contributed by atoms with Crippen molar-refractivity contribution in [2.75, 3.05) is 6.54 Å². The highest BCUT2D eigenvalue weighted by atomic mass is 35.5. The molecule has 1 N–H and O–H groups in total. The van der Waals surface area contributed by atoms with E-state index in [9.17, 15) is 0 Å². The number of benzene rings is 1. The highest BCUT2D eigenvalue weighted by Gasteiger charge is 2.20. The van der Waals surface area contributed by atoms with E-state index in [4.69, 9.17) is 23.2 Å². The van der Waals surface area contributed by atoms with Gasteiger partial charge in [0.1, 0.15) is 0 Å². The molecule has 2 rings (SSSR count). The van der Waals surface area contributed by atoms with Gasteiger partial charge in [-0.1, -0.05) is 42.6 Å². The second kappa shape index (κ2) is 6.08. The molecule has 1 aliphatic rings. The van der Waals surface area contributed by atoms with Crippen LogP contribution >= 0.6 is 23.2 Å². The molecule has 0 aliphatic heterocycles. The minimum atomic E-state index is 0.698. The maximum Gasteiger partial charge on any atom is 0.0465 e. The van der Waals surface area contributed by atoms with Crippen molar-refractivity contribution in [2.45, 2.75) is 32.7 Å². The predicted molar refractivity (Wildman–Crippen MR) is 74.7 cm³/mol. The Labute approximate surface area is 114 Å². The zero-order valence-corrected chi connectivity index (χ0v) is 11.7. The number of halogens is 2. The van der Waals surface area contributed by atoms with E-state index in [0.717, 1.165) is 35.5 Å². The van der Waals surface area contributed by atoms with Crippen LogP contribution in [0.2, 0.25) is 10.0 Å². The lowest BCUT2D eigenvalue weighted by molar-refractivity contribution is 0.471. The Morgan fingerprint density at radius 2 is 2.12 bits per heavy atom. The minimum Gasteiger partial charge on any atom is -0.312 e. The lowest BCUT2D eigenvalue weighted by Crippen LogP contribution is -2.21.